The maximum atomic E-state index is 12.2. The number of amides is 1. The van der Waals surface area contributed by atoms with Crippen LogP contribution in [0.5, 0.6) is 0 Å². The monoisotopic (exact) mass is 443 g/mol. The minimum atomic E-state index is -3.85. The normalized spacial score (nSPS) is 11.4. The van der Waals surface area contributed by atoms with Gasteiger partial charge in [-0.15, -0.1) is 0 Å². The summed E-state index contributed by atoms with van der Waals surface area (Å²) >= 11 is 12.0. The van der Waals surface area contributed by atoms with Crippen LogP contribution in [0.2, 0.25) is 10.0 Å². The number of aromatic carboxylic acids is 1. The Balaban J connectivity index is 2.18. The SMILES string of the molecule is CS(=O)(=O)N(CC(=O)NN=Cc1ccccc1C(=O)O)c1cccc(Cl)c1Cl. The van der Waals surface area contributed by atoms with E-state index in [1.807, 2.05) is 0 Å². The van der Waals surface area contributed by atoms with Crippen LogP contribution in [0, 0.1) is 0 Å². The van der Waals surface area contributed by atoms with Crippen LogP contribution in [0.4, 0.5) is 5.69 Å². The van der Waals surface area contributed by atoms with Gasteiger partial charge in [0.25, 0.3) is 5.91 Å². The second kappa shape index (κ2) is 9.05. The minimum absolute atomic E-state index is 0.00368. The van der Waals surface area contributed by atoms with Crippen molar-refractivity contribution in [3.8, 4) is 0 Å². The van der Waals surface area contributed by atoms with Gasteiger partial charge >= 0.3 is 5.97 Å². The third-order valence-electron chi connectivity index (χ3n) is 3.47. The zero-order valence-corrected chi connectivity index (χ0v) is 16.8. The van der Waals surface area contributed by atoms with E-state index in [0.29, 0.717) is 0 Å². The molecule has 0 heterocycles. The lowest BCUT2D eigenvalue weighted by Gasteiger charge is -2.22. The molecule has 2 N–H and O–H groups in total. The number of sulfonamides is 1. The number of carboxylic acid groups (broad SMARTS) is 1. The Bertz CT molecular complexity index is 1040. The highest BCUT2D eigenvalue weighted by Gasteiger charge is 2.23. The highest BCUT2D eigenvalue weighted by Crippen LogP contribution is 2.33. The number of rotatable bonds is 7. The van der Waals surface area contributed by atoms with E-state index in [1.165, 1.54) is 30.3 Å². The van der Waals surface area contributed by atoms with Gasteiger partial charge in [-0.3, -0.25) is 9.10 Å². The van der Waals surface area contributed by atoms with Crippen molar-refractivity contribution in [3.63, 3.8) is 0 Å². The number of anilines is 1. The van der Waals surface area contributed by atoms with E-state index in [1.54, 1.807) is 12.1 Å². The Hall–Kier alpha value is -2.62. The largest absolute Gasteiger partial charge is 0.478 e. The summed E-state index contributed by atoms with van der Waals surface area (Å²) in [5.74, 6) is -1.90. The number of hydrogen-bond acceptors (Lipinski definition) is 5. The Morgan fingerprint density at radius 1 is 1.18 bits per heavy atom. The van der Waals surface area contributed by atoms with Crippen LogP contribution in [-0.4, -0.2) is 44.4 Å². The molecule has 11 heteroatoms. The molecule has 2 aromatic rings. The molecule has 0 saturated heterocycles. The molecule has 0 aliphatic heterocycles. The second-order valence-corrected chi connectivity index (χ2v) is 8.22. The molecule has 0 aromatic heterocycles. The van der Waals surface area contributed by atoms with Crippen LogP contribution >= 0.6 is 23.2 Å². The maximum absolute atomic E-state index is 12.2. The molecule has 8 nitrogen and oxygen atoms in total. The number of nitrogens with zero attached hydrogens (tertiary/aromatic N) is 2. The van der Waals surface area contributed by atoms with E-state index in [-0.39, 0.29) is 26.9 Å². The first-order valence-corrected chi connectivity index (χ1v) is 10.3. The lowest BCUT2D eigenvalue weighted by Crippen LogP contribution is -2.39. The Morgan fingerprint density at radius 3 is 2.50 bits per heavy atom. The average Bonchev–Trinajstić information content (AvgIpc) is 2.62. The van der Waals surface area contributed by atoms with Gasteiger partial charge in [-0.05, 0) is 18.2 Å². The van der Waals surface area contributed by atoms with Gasteiger partial charge in [0, 0.05) is 5.56 Å². The zero-order chi connectivity index (χ0) is 20.9. The first-order chi connectivity index (χ1) is 13.1. The molecule has 2 aromatic carbocycles. The minimum Gasteiger partial charge on any atom is -0.478 e. The van der Waals surface area contributed by atoms with Gasteiger partial charge in [0.1, 0.15) is 6.54 Å². The molecule has 0 aliphatic rings. The van der Waals surface area contributed by atoms with Crippen LogP contribution < -0.4 is 9.73 Å². The van der Waals surface area contributed by atoms with Gasteiger partial charge in [0.05, 0.1) is 33.8 Å². The van der Waals surface area contributed by atoms with Crippen molar-refractivity contribution in [2.24, 2.45) is 5.10 Å². The molecule has 0 bridgehead atoms. The highest BCUT2D eigenvalue weighted by molar-refractivity contribution is 7.92. The summed E-state index contributed by atoms with van der Waals surface area (Å²) in [6.45, 7) is -0.600. The molecular formula is C17H15Cl2N3O5S. The smallest absolute Gasteiger partial charge is 0.336 e. The summed E-state index contributed by atoms with van der Waals surface area (Å²) in [5.41, 5.74) is 2.48. The Morgan fingerprint density at radius 2 is 1.86 bits per heavy atom. The van der Waals surface area contributed by atoms with Crippen LogP contribution in [0.1, 0.15) is 15.9 Å². The number of benzene rings is 2. The van der Waals surface area contributed by atoms with E-state index >= 15 is 0 Å². The molecule has 0 fully saturated rings. The van der Waals surface area contributed by atoms with Crippen molar-refractivity contribution in [3.05, 3.63) is 63.6 Å². The van der Waals surface area contributed by atoms with Crippen molar-refractivity contribution in [2.45, 2.75) is 0 Å². The molecular weight excluding hydrogens is 429 g/mol. The van der Waals surface area contributed by atoms with Gasteiger partial charge in [-0.1, -0.05) is 47.5 Å². The van der Waals surface area contributed by atoms with Crippen molar-refractivity contribution >= 4 is 57.0 Å². The van der Waals surface area contributed by atoms with Crippen molar-refractivity contribution in [1.29, 1.82) is 0 Å². The lowest BCUT2D eigenvalue weighted by atomic mass is 10.1. The molecule has 148 valence electrons. The maximum Gasteiger partial charge on any atom is 0.336 e. The summed E-state index contributed by atoms with van der Waals surface area (Å²) in [4.78, 5) is 23.3. The van der Waals surface area contributed by atoms with Gasteiger partial charge in [0.2, 0.25) is 10.0 Å². The molecule has 0 radical (unpaired) electrons. The summed E-state index contributed by atoms with van der Waals surface area (Å²) in [5, 5.41) is 12.9. The van der Waals surface area contributed by atoms with E-state index in [2.05, 4.69) is 10.5 Å². The van der Waals surface area contributed by atoms with Gasteiger partial charge < -0.3 is 5.11 Å². The fourth-order valence-corrected chi connectivity index (χ4v) is 3.52. The first kappa shape index (κ1) is 21.7. The topological polar surface area (TPSA) is 116 Å². The Labute approximate surface area is 171 Å². The first-order valence-electron chi connectivity index (χ1n) is 7.67. The number of hydrazone groups is 1. The van der Waals surface area contributed by atoms with Crippen LogP contribution in [-0.2, 0) is 14.8 Å². The lowest BCUT2D eigenvalue weighted by molar-refractivity contribution is -0.119. The number of carboxylic acids is 1. The van der Waals surface area contributed by atoms with Crippen LogP contribution in [0.15, 0.2) is 47.6 Å². The van der Waals surface area contributed by atoms with E-state index < -0.39 is 28.4 Å². The van der Waals surface area contributed by atoms with Crippen molar-refractivity contribution in [1.82, 2.24) is 5.43 Å². The number of carbonyl (C=O) groups excluding carboxylic acids is 1. The molecule has 0 unspecified atom stereocenters. The summed E-state index contributed by atoms with van der Waals surface area (Å²) in [6, 6.07) is 10.5. The average molecular weight is 444 g/mol. The fraction of sp³-hybridized carbons (Fsp3) is 0.118. The molecule has 2 rings (SSSR count). The van der Waals surface area contributed by atoms with E-state index in [0.717, 1.165) is 16.8 Å². The van der Waals surface area contributed by atoms with E-state index in [9.17, 15) is 18.0 Å². The van der Waals surface area contributed by atoms with Crippen LogP contribution in [0.25, 0.3) is 0 Å². The molecule has 0 aliphatic carbocycles. The Kier molecular flexibility index (Phi) is 7.00. The van der Waals surface area contributed by atoms with Crippen LogP contribution in [0.3, 0.4) is 0 Å². The zero-order valence-electron chi connectivity index (χ0n) is 14.5. The summed E-state index contributed by atoms with van der Waals surface area (Å²) in [7, 11) is -3.85. The second-order valence-electron chi connectivity index (χ2n) is 5.53. The number of carbonyl (C=O) groups is 2. The van der Waals surface area contributed by atoms with Crippen molar-refractivity contribution in [2.75, 3.05) is 17.1 Å². The predicted molar refractivity (Wildman–Crippen MR) is 108 cm³/mol. The summed E-state index contributed by atoms with van der Waals surface area (Å²) in [6.07, 6.45) is 2.07. The fourth-order valence-electron chi connectivity index (χ4n) is 2.21. The molecule has 1 amide bonds. The third-order valence-corrected chi connectivity index (χ3v) is 5.41. The molecule has 0 saturated carbocycles. The van der Waals surface area contributed by atoms with Crippen molar-refractivity contribution < 1.29 is 23.1 Å². The quantitative estimate of drug-likeness (QED) is 0.503. The number of halogens is 2. The van der Waals surface area contributed by atoms with Gasteiger partial charge in [-0.25, -0.2) is 18.6 Å². The van der Waals surface area contributed by atoms with Gasteiger partial charge in [0.15, 0.2) is 0 Å². The van der Waals surface area contributed by atoms with Gasteiger partial charge in [-0.2, -0.15) is 5.10 Å². The number of hydrogen-bond donors (Lipinski definition) is 2. The predicted octanol–water partition coefficient (Wildman–Crippen LogP) is 2.61. The highest BCUT2D eigenvalue weighted by atomic mass is 35.5. The van der Waals surface area contributed by atoms with E-state index in [4.69, 9.17) is 28.3 Å². The molecule has 28 heavy (non-hydrogen) atoms. The summed E-state index contributed by atoms with van der Waals surface area (Å²) < 4.78 is 25.0. The third kappa shape index (κ3) is 5.44. The molecule has 0 atom stereocenters. The standard InChI is InChI=1S/C17H15Cl2N3O5S/c1-28(26,27)22(14-8-4-7-13(18)16(14)19)10-15(23)21-20-9-11-5-2-3-6-12(11)17(24)25/h2-9H,10H2,1H3,(H,21,23)(H,24,25). The molecule has 0 spiro atoms. The number of nitrogens with one attached hydrogen (secondary N) is 1.